The minimum atomic E-state index is -1.27. The van der Waals surface area contributed by atoms with Crippen LogP contribution in [0.3, 0.4) is 0 Å². The number of carboxylic acid groups (broad SMARTS) is 1. The van der Waals surface area contributed by atoms with Crippen LogP contribution < -0.4 is 42.8 Å². The lowest BCUT2D eigenvalue weighted by molar-refractivity contribution is -0.142. The zero-order valence-electron chi connectivity index (χ0n) is 54.7. The van der Waals surface area contributed by atoms with Gasteiger partial charge in [-0.1, -0.05) is 258 Å². The monoisotopic (exact) mass is 1330 g/mol. The number of fused-ring (bicyclic) bond motifs is 6. The van der Waals surface area contributed by atoms with E-state index in [1.807, 2.05) is 232 Å². The van der Waals surface area contributed by atoms with Crippen molar-refractivity contribution in [1.82, 2.24) is 42.8 Å². The first-order valence-electron chi connectivity index (χ1n) is 32.5. The van der Waals surface area contributed by atoms with E-state index in [0.717, 1.165) is 66.8 Å². The van der Waals surface area contributed by atoms with E-state index < -0.39 is 85.3 Å². The molecule has 0 saturated heterocycles. The third kappa shape index (κ3) is 19.5. The average Bonchev–Trinajstić information content (AvgIpc) is 1.63. The number of nitrogens with zero attached hydrogens (tertiary/aromatic N) is 2. The molecule has 0 aliphatic heterocycles. The summed E-state index contributed by atoms with van der Waals surface area (Å²) < 4.78 is 16.4. The molecule has 0 saturated carbocycles. The topological polar surface area (TPSA) is 305 Å². The van der Waals surface area contributed by atoms with Gasteiger partial charge in [0.05, 0.1) is 24.2 Å². The number of ether oxygens (including phenoxy) is 3. The first-order valence-corrected chi connectivity index (χ1v) is 32.5. The summed E-state index contributed by atoms with van der Waals surface area (Å²) in [7, 11) is 0. The highest BCUT2D eigenvalue weighted by Crippen LogP contribution is 2.46. The number of hydrogen-bond acceptors (Lipinski definition) is 13. The SMILES string of the molecule is C=CCOC(=O)CNC(=O)C(=NNC(=O)NC(c1ccccc1)c1ccccc1)[C@H](CCC)NC(=O)OCC1c2ccccc2-c2ccccc21.CCC[C@H](NC(=O)OCC1c2ccccc2-c2ccccc21)C(=NNC(=O)NC(c1ccccc1)c1ccccc1)C(=O)NCC(=O)O. The van der Waals surface area contributed by atoms with Crippen LogP contribution in [-0.2, 0) is 33.4 Å². The zero-order chi connectivity index (χ0) is 69.9. The van der Waals surface area contributed by atoms with E-state index in [2.05, 4.69) is 59.5 Å². The van der Waals surface area contributed by atoms with Crippen molar-refractivity contribution in [3.63, 3.8) is 0 Å². The molecule has 8 amide bonds. The number of esters is 1. The Hall–Kier alpha value is -12.2. The fourth-order valence-corrected chi connectivity index (χ4v) is 11.8. The van der Waals surface area contributed by atoms with Gasteiger partial charge in [-0.05, 0) is 79.6 Å². The molecule has 508 valence electrons. The highest BCUT2D eigenvalue weighted by molar-refractivity contribution is 6.42. The summed E-state index contributed by atoms with van der Waals surface area (Å²) in [6, 6.07) is 65.0. The van der Waals surface area contributed by atoms with Crippen molar-refractivity contribution >= 4 is 59.4 Å². The second kappa shape index (κ2) is 36.1. The minimum absolute atomic E-state index is 0.0246. The lowest BCUT2D eigenvalue weighted by Gasteiger charge is -2.22. The van der Waals surface area contributed by atoms with E-state index in [1.54, 1.807) is 0 Å². The molecule has 10 rings (SSSR count). The number of amides is 8. The number of aliphatic carboxylic acids is 1. The van der Waals surface area contributed by atoms with Gasteiger partial charge in [0.2, 0.25) is 0 Å². The largest absolute Gasteiger partial charge is 0.480 e. The van der Waals surface area contributed by atoms with E-state index in [0.29, 0.717) is 12.8 Å². The van der Waals surface area contributed by atoms with Crippen molar-refractivity contribution in [3.8, 4) is 22.3 Å². The third-order valence-electron chi connectivity index (χ3n) is 16.3. The van der Waals surface area contributed by atoms with Gasteiger partial charge in [0.15, 0.2) is 0 Å². The molecule has 0 spiro atoms. The fourth-order valence-electron chi connectivity index (χ4n) is 11.8. The van der Waals surface area contributed by atoms with Crippen LogP contribution in [0.1, 0.15) is 108 Å². The molecular weight excluding hydrogens is 1260 g/mol. The van der Waals surface area contributed by atoms with Crippen molar-refractivity contribution in [3.05, 3.63) is 276 Å². The van der Waals surface area contributed by atoms with Crippen molar-refractivity contribution in [2.24, 2.45) is 10.2 Å². The maximum atomic E-state index is 13.5. The lowest BCUT2D eigenvalue weighted by atomic mass is 9.98. The zero-order valence-corrected chi connectivity index (χ0v) is 54.7. The van der Waals surface area contributed by atoms with Crippen molar-refractivity contribution < 1.29 is 57.7 Å². The Morgan fingerprint density at radius 1 is 0.434 bits per heavy atom. The van der Waals surface area contributed by atoms with Gasteiger partial charge in [0.1, 0.15) is 44.3 Å². The van der Waals surface area contributed by atoms with Gasteiger partial charge in [-0.25, -0.2) is 30.0 Å². The highest BCUT2D eigenvalue weighted by atomic mass is 16.6. The Labute approximate surface area is 573 Å². The number of carbonyl (C=O) groups is 8. The standard InChI is InChI=1S/C40H41N5O6.C37H37N5O6/c1-3-15-34(42-40(49)51-26-33-31-22-13-11-20-29(31)30-21-12-14-23-32(30)33)37(38(47)41-25-35(46)50-24-4-2)44-45-39(48)43-36(27-16-7-5-8-17-27)28-18-9-6-10-19-28;1-2-13-31(39-37(47)48-23-30-28-20-11-9-18-26(28)27-19-10-12-21-29(27)30)34(35(45)38-22-32(43)44)41-42-36(46)40-33(24-14-5-3-6-15-24)25-16-7-4-8-17-25/h4-14,16-23,33-34,36H,2-3,15,24-26H2,1H3,(H,41,47)(H,42,49)(H2,43,45,48);3-12,14-21,30-31,33H,2,13,22-23H2,1H3,(H,38,45)(H,39,47)(H,43,44)(H2,40,42,46)/t34-;31-/m00/s1. The minimum Gasteiger partial charge on any atom is -0.480 e. The molecule has 22 heteroatoms. The number of urea groups is 2. The summed E-state index contributed by atoms with van der Waals surface area (Å²) in [5.74, 6) is -3.95. The maximum Gasteiger partial charge on any atom is 0.407 e. The van der Waals surface area contributed by atoms with E-state index in [-0.39, 0.29) is 55.9 Å². The van der Waals surface area contributed by atoms with Gasteiger partial charge in [0, 0.05) is 11.8 Å². The first-order chi connectivity index (χ1) is 48.2. The summed E-state index contributed by atoms with van der Waals surface area (Å²) in [4.78, 5) is 103. The van der Waals surface area contributed by atoms with Crippen LogP contribution in [0.4, 0.5) is 19.2 Å². The van der Waals surface area contributed by atoms with Crippen LogP contribution >= 0.6 is 0 Å². The van der Waals surface area contributed by atoms with Gasteiger partial charge in [-0.3, -0.25) is 19.2 Å². The molecule has 0 heterocycles. The summed E-state index contributed by atoms with van der Waals surface area (Å²) in [6.45, 7) is 6.17. The van der Waals surface area contributed by atoms with Gasteiger partial charge >= 0.3 is 36.2 Å². The van der Waals surface area contributed by atoms with E-state index in [1.165, 1.54) is 6.08 Å². The number of benzene rings is 8. The molecule has 2 atom stereocenters. The molecule has 0 fully saturated rings. The predicted octanol–water partition coefficient (Wildman–Crippen LogP) is 11.3. The number of carbonyl (C=O) groups excluding carboxylic acids is 7. The number of hydrazone groups is 2. The Kier molecular flexibility index (Phi) is 25.9. The smallest absolute Gasteiger partial charge is 0.407 e. The average molecular weight is 1340 g/mol. The van der Waals surface area contributed by atoms with Gasteiger partial charge in [-0.15, -0.1) is 0 Å². The molecule has 8 aromatic carbocycles. The number of hydrogen-bond donors (Lipinski definition) is 9. The molecule has 0 aromatic heterocycles. The lowest BCUT2D eigenvalue weighted by Crippen LogP contribution is -2.50. The molecule has 0 radical (unpaired) electrons. The molecule has 0 bridgehead atoms. The summed E-state index contributed by atoms with van der Waals surface area (Å²) in [5.41, 5.74) is 16.2. The van der Waals surface area contributed by atoms with Gasteiger partial charge < -0.3 is 51.2 Å². The second-order valence-corrected chi connectivity index (χ2v) is 23.0. The number of carboxylic acids is 1. The molecule has 0 unspecified atom stereocenters. The van der Waals surface area contributed by atoms with Crippen LogP contribution in [0.15, 0.2) is 241 Å². The molecule has 9 N–H and O–H groups in total. The molecule has 2 aliphatic carbocycles. The number of nitrogens with one attached hydrogen (secondary N) is 8. The van der Waals surface area contributed by atoms with Crippen molar-refractivity contribution in [1.29, 1.82) is 0 Å². The van der Waals surface area contributed by atoms with E-state index in [9.17, 15) is 38.4 Å². The van der Waals surface area contributed by atoms with Crippen LogP contribution in [0.25, 0.3) is 22.3 Å². The van der Waals surface area contributed by atoms with Crippen LogP contribution in [0.5, 0.6) is 0 Å². The Morgan fingerprint density at radius 2 is 0.747 bits per heavy atom. The van der Waals surface area contributed by atoms with Gasteiger partial charge in [-0.2, -0.15) is 10.2 Å². The first kappa shape index (κ1) is 71.1. The molecule has 22 nitrogen and oxygen atoms in total. The summed E-state index contributed by atoms with van der Waals surface area (Å²) >= 11 is 0. The second-order valence-electron chi connectivity index (χ2n) is 23.0. The summed E-state index contributed by atoms with van der Waals surface area (Å²) in [6.07, 6.45) is 1.45. The Balaban J connectivity index is 0.000000232. The Bertz CT molecular complexity index is 4010. The fraction of sp³-hybridized carbons (Fsp3) is 0.221. The molecular formula is C77H78N10O12. The normalized spacial score (nSPS) is 12.6. The van der Waals surface area contributed by atoms with Crippen LogP contribution in [-0.4, -0.2) is 110 Å². The van der Waals surface area contributed by atoms with Crippen LogP contribution in [0, 0.1) is 0 Å². The molecule has 8 aromatic rings. The van der Waals surface area contributed by atoms with Gasteiger partial charge in [0.25, 0.3) is 11.8 Å². The number of alkyl carbamates (subject to hydrolysis) is 2. The Morgan fingerprint density at radius 3 is 1.06 bits per heavy atom. The summed E-state index contributed by atoms with van der Waals surface area (Å²) in [5, 5.41) is 33.4. The molecule has 99 heavy (non-hydrogen) atoms. The van der Waals surface area contributed by atoms with Crippen LogP contribution in [0.2, 0.25) is 0 Å². The number of rotatable bonds is 28. The predicted molar refractivity (Wildman–Crippen MR) is 376 cm³/mol. The maximum absolute atomic E-state index is 13.5. The highest BCUT2D eigenvalue weighted by Gasteiger charge is 2.34. The molecule has 2 aliphatic rings. The quantitative estimate of drug-likeness (QED) is 0.00727. The van der Waals surface area contributed by atoms with Crippen molar-refractivity contribution in [2.45, 2.75) is 75.5 Å². The van der Waals surface area contributed by atoms with E-state index >= 15 is 0 Å². The van der Waals surface area contributed by atoms with E-state index in [4.69, 9.17) is 19.3 Å². The third-order valence-corrected chi connectivity index (χ3v) is 16.3. The van der Waals surface area contributed by atoms with Crippen molar-refractivity contribution in [2.75, 3.05) is 32.9 Å².